The molecule has 0 aromatic heterocycles. The van der Waals surface area contributed by atoms with E-state index >= 15 is 0 Å². The Balaban J connectivity index is 1.72. The lowest BCUT2D eigenvalue weighted by atomic mass is 10.1. The molecule has 2 aromatic carbocycles. The van der Waals surface area contributed by atoms with Crippen molar-refractivity contribution < 1.29 is 9.59 Å². The van der Waals surface area contributed by atoms with Gasteiger partial charge in [-0.05, 0) is 42.3 Å². The van der Waals surface area contributed by atoms with Crippen molar-refractivity contribution in [2.24, 2.45) is 11.7 Å². The highest BCUT2D eigenvalue weighted by Crippen LogP contribution is 2.29. The third-order valence-electron chi connectivity index (χ3n) is 4.33. The first kappa shape index (κ1) is 16.2. The summed E-state index contributed by atoms with van der Waals surface area (Å²) in [6.07, 6.45) is 0.882. The minimum atomic E-state index is -0.243. The largest absolute Gasteiger partial charge is 0.330 e. The normalized spacial score (nSPS) is 14.2. The first-order chi connectivity index (χ1) is 11.6. The van der Waals surface area contributed by atoms with Crippen molar-refractivity contribution in [2.75, 3.05) is 23.3 Å². The Morgan fingerprint density at radius 2 is 1.88 bits per heavy atom. The number of fused-ring (bicyclic) bond motifs is 1. The maximum atomic E-state index is 12.7. The molecule has 5 nitrogen and oxygen atoms in total. The number of carbonyl (C=O) groups is 2. The van der Waals surface area contributed by atoms with E-state index in [2.05, 4.69) is 11.4 Å². The molecule has 0 aliphatic carbocycles. The average Bonchev–Trinajstić information content (AvgIpc) is 3.05. The molecule has 0 saturated carbocycles. The number of hydrogen-bond donors (Lipinski definition) is 2. The molecule has 3 N–H and O–H groups in total. The van der Waals surface area contributed by atoms with Crippen molar-refractivity contribution in [1.29, 1.82) is 0 Å². The Morgan fingerprint density at radius 1 is 1.17 bits per heavy atom. The fourth-order valence-corrected chi connectivity index (χ4v) is 2.77. The first-order valence-electron chi connectivity index (χ1n) is 8.11. The van der Waals surface area contributed by atoms with E-state index in [1.165, 1.54) is 5.56 Å². The van der Waals surface area contributed by atoms with Crippen molar-refractivity contribution in [3.8, 4) is 0 Å². The fraction of sp³-hybridized carbons (Fsp3) is 0.263. The molecular weight excluding hydrogens is 302 g/mol. The molecule has 1 aliphatic rings. The molecule has 1 heterocycles. The van der Waals surface area contributed by atoms with Crippen molar-refractivity contribution in [3.63, 3.8) is 0 Å². The van der Waals surface area contributed by atoms with Gasteiger partial charge in [-0.2, -0.15) is 0 Å². The molecule has 2 aromatic rings. The van der Waals surface area contributed by atoms with Crippen LogP contribution < -0.4 is 16.0 Å². The number of hydrogen-bond acceptors (Lipinski definition) is 3. The van der Waals surface area contributed by atoms with E-state index < -0.39 is 0 Å². The standard InChI is InChI=1S/C19H21N3O2/c1-13(12-20)18(23)21-16-8-6-15(7-9-16)19(24)22-11-10-14-4-2-3-5-17(14)22/h2-9,13H,10-12,20H2,1H3,(H,21,23). The van der Waals surface area contributed by atoms with E-state index in [1.807, 2.05) is 18.2 Å². The van der Waals surface area contributed by atoms with Crippen LogP contribution >= 0.6 is 0 Å². The predicted molar refractivity (Wildman–Crippen MR) is 95.1 cm³/mol. The van der Waals surface area contributed by atoms with Crippen molar-refractivity contribution in [2.45, 2.75) is 13.3 Å². The highest BCUT2D eigenvalue weighted by Gasteiger charge is 2.25. The van der Waals surface area contributed by atoms with E-state index in [1.54, 1.807) is 36.1 Å². The zero-order valence-electron chi connectivity index (χ0n) is 13.7. The number of nitrogens with two attached hydrogens (primary N) is 1. The van der Waals surface area contributed by atoms with Gasteiger partial charge in [0.25, 0.3) is 5.91 Å². The highest BCUT2D eigenvalue weighted by atomic mass is 16.2. The summed E-state index contributed by atoms with van der Waals surface area (Å²) in [5, 5.41) is 2.80. The Labute approximate surface area is 141 Å². The van der Waals surface area contributed by atoms with Gasteiger partial charge in [0.1, 0.15) is 0 Å². The summed E-state index contributed by atoms with van der Waals surface area (Å²) in [6, 6.07) is 14.9. The zero-order chi connectivity index (χ0) is 17.1. The minimum Gasteiger partial charge on any atom is -0.330 e. The van der Waals surface area contributed by atoms with E-state index in [9.17, 15) is 9.59 Å². The van der Waals surface area contributed by atoms with E-state index in [-0.39, 0.29) is 17.7 Å². The molecule has 0 bridgehead atoms. The van der Waals surface area contributed by atoms with Crippen molar-refractivity contribution >= 4 is 23.2 Å². The summed E-state index contributed by atoms with van der Waals surface area (Å²) in [5.74, 6) is -0.384. The molecule has 1 atom stereocenters. The third kappa shape index (κ3) is 3.16. The predicted octanol–water partition coefficient (Wildman–Crippen LogP) is 2.42. The molecule has 0 radical (unpaired) electrons. The fourth-order valence-electron chi connectivity index (χ4n) is 2.77. The summed E-state index contributed by atoms with van der Waals surface area (Å²) in [7, 11) is 0. The lowest BCUT2D eigenvalue weighted by molar-refractivity contribution is -0.119. The molecule has 124 valence electrons. The van der Waals surface area contributed by atoms with Gasteiger partial charge in [-0.1, -0.05) is 25.1 Å². The smallest absolute Gasteiger partial charge is 0.258 e. The van der Waals surface area contributed by atoms with Crippen LogP contribution in [0.2, 0.25) is 0 Å². The molecule has 0 spiro atoms. The molecular formula is C19H21N3O2. The summed E-state index contributed by atoms with van der Waals surface area (Å²) >= 11 is 0. The van der Waals surface area contributed by atoms with Crippen LogP contribution in [0, 0.1) is 5.92 Å². The van der Waals surface area contributed by atoms with Crippen molar-refractivity contribution in [3.05, 3.63) is 59.7 Å². The van der Waals surface area contributed by atoms with Crippen LogP contribution in [0.25, 0.3) is 0 Å². The van der Waals surface area contributed by atoms with E-state index in [4.69, 9.17) is 5.73 Å². The number of para-hydroxylation sites is 1. The van der Waals surface area contributed by atoms with Gasteiger partial charge >= 0.3 is 0 Å². The number of amides is 2. The second-order valence-corrected chi connectivity index (χ2v) is 6.04. The summed E-state index contributed by atoms with van der Waals surface area (Å²) in [6.45, 7) is 2.78. The van der Waals surface area contributed by atoms with Gasteiger partial charge in [0.05, 0.1) is 0 Å². The second kappa shape index (κ2) is 6.84. The SMILES string of the molecule is CC(CN)C(=O)Nc1ccc(C(=O)N2CCc3ccccc32)cc1. The van der Waals surface area contributed by atoms with Crippen LogP contribution in [0.4, 0.5) is 11.4 Å². The maximum absolute atomic E-state index is 12.7. The Kier molecular flexibility index (Phi) is 4.62. The number of nitrogens with one attached hydrogen (secondary N) is 1. The first-order valence-corrected chi connectivity index (χ1v) is 8.11. The topological polar surface area (TPSA) is 75.4 Å². The Hall–Kier alpha value is -2.66. The second-order valence-electron chi connectivity index (χ2n) is 6.04. The number of anilines is 2. The monoisotopic (exact) mass is 323 g/mol. The molecule has 2 amide bonds. The van der Waals surface area contributed by atoms with Gasteiger partial charge in [-0.25, -0.2) is 0 Å². The molecule has 5 heteroatoms. The quantitative estimate of drug-likeness (QED) is 0.907. The Bertz CT molecular complexity index is 755. The lowest BCUT2D eigenvalue weighted by Gasteiger charge is -2.17. The van der Waals surface area contributed by atoms with Crippen LogP contribution in [-0.4, -0.2) is 24.9 Å². The summed E-state index contributed by atoms with van der Waals surface area (Å²) in [4.78, 5) is 26.4. The molecule has 3 rings (SSSR count). The molecule has 1 unspecified atom stereocenters. The molecule has 0 saturated heterocycles. The van der Waals surface area contributed by atoms with Gasteiger partial charge in [-0.3, -0.25) is 9.59 Å². The van der Waals surface area contributed by atoms with Crippen LogP contribution in [0.15, 0.2) is 48.5 Å². The summed E-state index contributed by atoms with van der Waals surface area (Å²) in [5.41, 5.74) is 8.94. The lowest BCUT2D eigenvalue weighted by Crippen LogP contribution is -2.29. The Morgan fingerprint density at radius 3 is 2.58 bits per heavy atom. The molecule has 0 fully saturated rings. The highest BCUT2D eigenvalue weighted by molar-refractivity contribution is 6.07. The zero-order valence-corrected chi connectivity index (χ0v) is 13.7. The maximum Gasteiger partial charge on any atom is 0.258 e. The van der Waals surface area contributed by atoms with Crippen LogP contribution in [-0.2, 0) is 11.2 Å². The third-order valence-corrected chi connectivity index (χ3v) is 4.33. The van der Waals surface area contributed by atoms with Gasteiger partial charge in [0.15, 0.2) is 0 Å². The van der Waals surface area contributed by atoms with Crippen LogP contribution in [0.1, 0.15) is 22.8 Å². The minimum absolute atomic E-state index is 0.0202. The van der Waals surface area contributed by atoms with E-state index in [0.717, 1.165) is 12.1 Å². The number of rotatable bonds is 4. The van der Waals surface area contributed by atoms with E-state index in [0.29, 0.717) is 24.3 Å². The van der Waals surface area contributed by atoms with Crippen LogP contribution in [0.5, 0.6) is 0 Å². The van der Waals surface area contributed by atoms with Gasteiger partial charge < -0.3 is 16.0 Å². The van der Waals surface area contributed by atoms with Gasteiger partial charge in [-0.15, -0.1) is 0 Å². The van der Waals surface area contributed by atoms with Gasteiger partial charge in [0, 0.05) is 35.9 Å². The average molecular weight is 323 g/mol. The molecule has 24 heavy (non-hydrogen) atoms. The summed E-state index contributed by atoms with van der Waals surface area (Å²) < 4.78 is 0. The number of carbonyl (C=O) groups excluding carboxylic acids is 2. The molecule has 1 aliphatic heterocycles. The number of nitrogens with zero attached hydrogens (tertiary/aromatic N) is 1. The van der Waals surface area contributed by atoms with Gasteiger partial charge in [0.2, 0.25) is 5.91 Å². The number of benzene rings is 2. The van der Waals surface area contributed by atoms with Crippen molar-refractivity contribution in [1.82, 2.24) is 0 Å². The van der Waals surface area contributed by atoms with Crippen LogP contribution in [0.3, 0.4) is 0 Å².